The first-order valence-corrected chi connectivity index (χ1v) is 4.04. The maximum Gasteiger partial charge on any atom is 0.169 e. The smallest absolute Gasteiger partial charge is 0.169 e. The van der Waals surface area contributed by atoms with Crippen LogP contribution < -0.4 is 0 Å². The first-order chi connectivity index (χ1) is 4.30. The third-order valence-electron chi connectivity index (χ3n) is 2.02. The van der Waals surface area contributed by atoms with Crippen LogP contribution in [-0.4, -0.2) is 5.56 Å². The number of halogens is 1. The van der Waals surface area contributed by atoms with Gasteiger partial charge in [-0.1, -0.05) is 30.9 Å². The van der Waals surface area contributed by atoms with Gasteiger partial charge in [0, 0.05) is 5.92 Å². The minimum Gasteiger partial charge on any atom is -0.215 e. The topological polar surface area (TPSA) is 19.9 Å². The monoisotopic (exact) mass is 147 g/mol. The molecule has 0 aromatic carbocycles. The van der Waals surface area contributed by atoms with Crippen molar-refractivity contribution < 1.29 is 5.11 Å². The molecule has 1 fully saturated rings. The predicted molar refractivity (Wildman–Crippen MR) is 36.9 cm³/mol. The van der Waals surface area contributed by atoms with Gasteiger partial charge in [0.05, 0.1) is 0 Å². The Hall–Kier alpha value is 0.250. The second kappa shape index (κ2) is 3.43. The van der Waals surface area contributed by atoms with Crippen LogP contribution >= 0.6 is 11.6 Å². The molecule has 9 heavy (non-hydrogen) atoms. The largest absolute Gasteiger partial charge is 0.215 e. The standard InChI is InChI=1S/C7H12ClO/c8-7(9)6-4-2-1-3-5-6/h6-7H,1-5H2. The number of hydrogen-bond acceptors (Lipinski definition) is 0. The molecular formula is C7H12ClO. The van der Waals surface area contributed by atoms with E-state index < -0.39 is 5.56 Å². The molecule has 1 aliphatic carbocycles. The van der Waals surface area contributed by atoms with Gasteiger partial charge in [0.25, 0.3) is 0 Å². The Bertz CT molecular complexity index is 77.0. The zero-order chi connectivity index (χ0) is 6.69. The maximum atomic E-state index is 10.6. The molecule has 0 amide bonds. The van der Waals surface area contributed by atoms with Crippen LogP contribution in [0.5, 0.6) is 0 Å². The lowest BCUT2D eigenvalue weighted by atomic mass is 9.90. The summed E-state index contributed by atoms with van der Waals surface area (Å²) in [6.07, 6.45) is 5.81. The molecule has 1 radical (unpaired) electrons. The van der Waals surface area contributed by atoms with Gasteiger partial charge in [-0.2, -0.15) is 0 Å². The lowest BCUT2D eigenvalue weighted by Gasteiger charge is -2.20. The van der Waals surface area contributed by atoms with E-state index in [0.29, 0.717) is 0 Å². The SMILES string of the molecule is [O]C(Cl)C1CCCCC1. The molecule has 1 rings (SSSR count). The third-order valence-corrected chi connectivity index (χ3v) is 2.38. The molecule has 1 aliphatic rings. The predicted octanol–water partition coefficient (Wildman–Crippen LogP) is 2.56. The summed E-state index contributed by atoms with van der Waals surface area (Å²) in [6.45, 7) is 0. The van der Waals surface area contributed by atoms with Crippen molar-refractivity contribution in [3.63, 3.8) is 0 Å². The Labute approximate surface area is 61.0 Å². The molecular weight excluding hydrogens is 136 g/mol. The second-order valence-electron chi connectivity index (χ2n) is 2.75. The Morgan fingerprint density at radius 1 is 1.22 bits per heavy atom. The zero-order valence-corrected chi connectivity index (χ0v) is 6.23. The highest BCUT2D eigenvalue weighted by Crippen LogP contribution is 2.27. The molecule has 0 saturated heterocycles. The quantitative estimate of drug-likeness (QED) is 0.508. The Morgan fingerprint density at radius 2 is 1.78 bits per heavy atom. The molecule has 0 spiro atoms. The second-order valence-corrected chi connectivity index (χ2v) is 3.18. The van der Waals surface area contributed by atoms with Gasteiger partial charge in [-0.25, -0.2) is 5.11 Å². The van der Waals surface area contributed by atoms with Crippen molar-refractivity contribution in [2.24, 2.45) is 5.92 Å². The summed E-state index contributed by atoms with van der Waals surface area (Å²) in [5.74, 6) is 0.264. The highest BCUT2D eigenvalue weighted by atomic mass is 35.5. The Balaban J connectivity index is 2.23. The molecule has 0 bridgehead atoms. The van der Waals surface area contributed by atoms with Crippen LogP contribution in [0, 0.1) is 5.92 Å². The van der Waals surface area contributed by atoms with Gasteiger partial charge in [-0.15, -0.1) is 0 Å². The normalized spacial score (nSPS) is 26.0. The Kier molecular flexibility index (Phi) is 2.80. The summed E-state index contributed by atoms with van der Waals surface area (Å²) >= 11 is 5.40. The molecule has 1 saturated carbocycles. The molecule has 0 aromatic heterocycles. The third kappa shape index (κ3) is 2.15. The van der Waals surface area contributed by atoms with E-state index in [9.17, 15) is 5.11 Å². The van der Waals surface area contributed by atoms with Gasteiger partial charge < -0.3 is 0 Å². The molecule has 0 heterocycles. The van der Waals surface area contributed by atoms with Gasteiger partial charge in [-0.3, -0.25) is 0 Å². The molecule has 0 aromatic rings. The molecule has 1 atom stereocenters. The van der Waals surface area contributed by atoms with Crippen LogP contribution in [0.15, 0.2) is 0 Å². The maximum absolute atomic E-state index is 10.6. The van der Waals surface area contributed by atoms with Gasteiger partial charge in [0.15, 0.2) is 5.56 Å². The van der Waals surface area contributed by atoms with E-state index in [0.717, 1.165) is 12.8 Å². The Morgan fingerprint density at radius 3 is 2.11 bits per heavy atom. The van der Waals surface area contributed by atoms with E-state index in [1.54, 1.807) is 0 Å². The number of hydrogen-bond donors (Lipinski definition) is 0. The summed E-state index contributed by atoms with van der Waals surface area (Å²) < 4.78 is 0. The molecule has 0 aliphatic heterocycles. The fraction of sp³-hybridized carbons (Fsp3) is 1.00. The summed E-state index contributed by atoms with van der Waals surface area (Å²) in [5, 5.41) is 10.6. The number of alkyl halides is 1. The van der Waals surface area contributed by atoms with Crippen LogP contribution in [-0.2, 0) is 5.11 Å². The molecule has 53 valence electrons. The van der Waals surface area contributed by atoms with E-state index >= 15 is 0 Å². The van der Waals surface area contributed by atoms with Crippen molar-refractivity contribution in [3.05, 3.63) is 0 Å². The minimum absolute atomic E-state index is 0.264. The van der Waals surface area contributed by atoms with Crippen molar-refractivity contribution in [2.75, 3.05) is 0 Å². The van der Waals surface area contributed by atoms with Crippen molar-refractivity contribution in [1.82, 2.24) is 0 Å². The van der Waals surface area contributed by atoms with Crippen LogP contribution in [0.25, 0.3) is 0 Å². The van der Waals surface area contributed by atoms with Crippen molar-refractivity contribution in [2.45, 2.75) is 37.7 Å². The summed E-state index contributed by atoms with van der Waals surface area (Å²) in [7, 11) is 0. The van der Waals surface area contributed by atoms with Crippen LogP contribution in [0.1, 0.15) is 32.1 Å². The summed E-state index contributed by atoms with van der Waals surface area (Å²) in [5.41, 5.74) is -0.842. The lowest BCUT2D eigenvalue weighted by molar-refractivity contribution is 0.0852. The lowest BCUT2D eigenvalue weighted by Crippen LogP contribution is -2.15. The van der Waals surface area contributed by atoms with Crippen molar-refractivity contribution in [3.8, 4) is 0 Å². The summed E-state index contributed by atoms with van der Waals surface area (Å²) in [4.78, 5) is 0. The van der Waals surface area contributed by atoms with E-state index in [1.807, 2.05) is 0 Å². The first-order valence-electron chi connectivity index (χ1n) is 3.60. The van der Waals surface area contributed by atoms with Crippen LogP contribution in [0.2, 0.25) is 0 Å². The highest BCUT2D eigenvalue weighted by Gasteiger charge is 2.20. The van der Waals surface area contributed by atoms with Crippen molar-refractivity contribution >= 4 is 11.6 Å². The minimum atomic E-state index is -0.842. The summed E-state index contributed by atoms with van der Waals surface area (Å²) in [6, 6.07) is 0. The molecule has 1 nitrogen and oxygen atoms in total. The number of rotatable bonds is 1. The van der Waals surface area contributed by atoms with Crippen LogP contribution in [0.4, 0.5) is 0 Å². The molecule has 1 unspecified atom stereocenters. The van der Waals surface area contributed by atoms with Gasteiger partial charge >= 0.3 is 0 Å². The average Bonchev–Trinajstić information content (AvgIpc) is 1.90. The fourth-order valence-electron chi connectivity index (χ4n) is 1.40. The van der Waals surface area contributed by atoms with Gasteiger partial charge in [0.1, 0.15) is 0 Å². The molecule has 2 heteroatoms. The van der Waals surface area contributed by atoms with Crippen LogP contribution in [0.3, 0.4) is 0 Å². The molecule has 0 N–H and O–H groups in total. The zero-order valence-electron chi connectivity index (χ0n) is 5.48. The van der Waals surface area contributed by atoms with E-state index in [2.05, 4.69) is 0 Å². The average molecular weight is 148 g/mol. The van der Waals surface area contributed by atoms with Crippen molar-refractivity contribution in [1.29, 1.82) is 0 Å². The van der Waals surface area contributed by atoms with E-state index in [-0.39, 0.29) is 5.92 Å². The highest BCUT2D eigenvalue weighted by molar-refractivity contribution is 6.19. The fourth-order valence-corrected chi connectivity index (χ4v) is 1.65. The first kappa shape index (κ1) is 7.36. The van der Waals surface area contributed by atoms with E-state index in [4.69, 9.17) is 11.6 Å². The van der Waals surface area contributed by atoms with E-state index in [1.165, 1.54) is 19.3 Å². The van der Waals surface area contributed by atoms with Gasteiger partial charge in [-0.05, 0) is 12.8 Å². The van der Waals surface area contributed by atoms with Gasteiger partial charge in [0.2, 0.25) is 0 Å².